The molecular formula is C12H15ClFN. The molecule has 0 radical (unpaired) electrons. The lowest BCUT2D eigenvalue weighted by atomic mass is 9.91. The van der Waals surface area contributed by atoms with Gasteiger partial charge in [-0.3, -0.25) is 0 Å². The Hall–Kier alpha value is -0.600. The lowest BCUT2D eigenvalue weighted by Crippen LogP contribution is -2.26. The highest BCUT2D eigenvalue weighted by atomic mass is 35.5. The summed E-state index contributed by atoms with van der Waals surface area (Å²) in [4.78, 5) is 0. The van der Waals surface area contributed by atoms with Gasteiger partial charge in [-0.05, 0) is 32.4 Å². The van der Waals surface area contributed by atoms with Crippen molar-refractivity contribution in [3.63, 3.8) is 0 Å². The standard InChI is InChI=1S/C12H15ClFN/c1-7-6-9(8(2)15-7)12-10(13)4-3-5-11(12)14/h3-5,7-9,15H,6H2,1-2H3. The van der Waals surface area contributed by atoms with Crippen molar-refractivity contribution < 1.29 is 4.39 Å². The molecule has 0 saturated carbocycles. The van der Waals surface area contributed by atoms with Crippen LogP contribution in [-0.2, 0) is 0 Å². The summed E-state index contributed by atoms with van der Waals surface area (Å²) in [5, 5.41) is 3.94. The van der Waals surface area contributed by atoms with Gasteiger partial charge >= 0.3 is 0 Å². The number of benzene rings is 1. The lowest BCUT2D eigenvalue weighted by molar-refractivity contribution is 0.541. The van der Waals surface area contributed by atoms with E-state index < -0.39 is 0 Å². The first-order valence-corrected chi connectivity index (χ1v) is 5.67. The van der Waals surface area contributed by atoms with Crippen LogP contribution < -0.4 is 5.32 Å². The molecular weight excluding hydrogens is 213 g/mol. The van der Waals surface area contributed by atoms with E-state index in [1.807, 2.05) is 0 Å². The van der Waals surface area contributed by atoms with Crippen molar-refractivity contribution in [1.82, 2.24) is 5.32 Å². The Bertz CT molecular complexity index is 346. The summed E-state index contributed by atoms with van der Waals surface area (Å²) in [6.07, 6.45) is 0.946. The highest BCUT2D eigenvalue weighted by Crippen LogP contribution is 2.36. The zero-order valence-electron chi connectivity index (χ0n) is 8.93. The van der Waals surface area contributed by atoms with Gasteiger partial charge in [0.2, 0.25) is 0 Å². The molecule has 1 aliphatic rings. The van der Waals surface area contributed by atoms with Crippen LogP contribution >= 0.6 is 11.6 Å². The van der Waals surface area contributed by atoms with E-state index in [0.717, 1.165) is 6.42 Å². The molecule has 3 atom stereocenters. The molecule has 1 saturated heterocycles. The van der Waals surface area contributed by atoms with Gasteiger partial charge in [-0.15, -0.1) is 0 Å². The molecule has 3 heteroatoms. The van der Waals surface area contributed by atoms with E-state index in [9.17, 15) is 4.39 Å². The average Bonchev–Trinajstić information content (AvgIpc) is 2.45. The first-order chi connectivity index (χ1) is 7.09. The van der Waals surface area contributed by atoms with E-state index in [4.69, 9.17) is 11.6 Å². The van der Waals surface area contributed by atoms with Crippen LogP contribution in [0, 0.1) is 5.82 Å². The summed E-state index contributed by atoms with van der Waals surface area (Å²) in [5.74, 6) is 0.00366. The van der Waals surface area contributed by atoms with Crippen LogP contribution in [0.1, 0.15) is 31.7 Å². The van der Waals surface area contributed by atoms with Crippen LogP contribution in [0.4, 0.5) is 4.39 Å². The van der Waals surface area contributed by atoms with Gasteiger partial charge in [0.25, 0.3) is 0 Å². The highest BCUT2D eigenvalue weighted by molar-refractivity contribution is 6.31. The van der Waals surface area contributed by atoms with E-state index in [0.29, 0.717) is 16.6 Å². The summed E-state index contributed by atoms with van der Waals surface area (Å²) in [6.45, 7) is 4.20. The molecule has 0 bridgehead atoms. The maximum Gasteiger partial charge on any atom is 0.128 e. The fraction of sp³-hybridized carbons (Fsp3) is 0.500. The largest absolute Gasteiger partial charge is 0.311 e. The maximum atomic E-state index is 13.7. The topological polar surface area (TPSA) is 12.0 Å². The molecule has 1 nitrogen and oxygen atoms in total. The van der Waals surface area contributed by atoms with Gasteiger partial charge in [-0.1, -0.05) is 17.7 Å². The van der Waals surface area contributed by atoms with Crippen molar-refractivity contribution in [2.45, 2.75) is 38.3 Å². The Balaban J connectivity index is 2.37. The third-order valence-electron chi connectivity index (χ3n) is 3.13. The number of nitrogens with one attached hydrogen (secondary N) is 1. The summed E-state index contributed by atoms with van der Waals surface area (Å²) in [5.41, 5.74) is 0.670. The minimum atomic E-state index is -0.185. The highest BCUT2D eigenvalue weighted by Gasteiger charge is 2.32. The Morgan fingerprint density at radius 3 is 2.67 bits per heavy atom. The van der Waals surface area contributed by atoms with Crippen molar-refractivity contribution in [3.05, 3.63) is 34.6 Å². The SMILES string of the molecule is CC1CC(c2c(F)cccc2Cl)C(C)N1. The third-order valence-corrected chi connectivity index (χ3v) is 3.46. The predicted octanol–water partition coefficient (Wildman–Crippen LogP) is 3.33. The smallest absolute Gasteiger partial charge is 0.128 e. The zero-order valence-corrected chi connectivity index (χ0v) is 9.68. The quantitative estimate of drug-likeness (QED) is 0.776. The molecule has 0 aromatic heterocycles. The van der Waals surface area contributed by atoms with Crippen molar-refractivity contribution in [3.8, 4) is 0 Å². The molecule has 0 aliphatic carbocycles. The lowest BCUT2D eigenvalue weighted by Gasteiger charge is -2.17. The van der Waals surface area contributed by atoms with Gasteiger partial charge in [0.1, 0.15) is 5.82 Å². The van der Waals surface area contributed by atoms with Crippen LogP contribution in [0.25, 0.3) is 0 Å². The van der Waals surface area contributed by atoms with Gasteiger partial charge in [0.05, 0.1) is 0 Å². The molecule has 2 rings (SSSR count). The van der Waals surface area contributed by atoms with Gasteiger partial charge in [0, 0.05) is 28.6 Å². The molecule has 1 aromatic carbocycles. The Morgan fingerprint density at radius 1 is 1.40 bits per heavy atom. The minimum absolute atomic E-state index is 0.185. The van der Waals surface area contributed by atoms with E-state index in [-0.39, 0.29) is 17.8 Å². The molecule has 1 N–H and O–H groups in total. The van der Waals surface area contributed by atoms with E-state index in [1.54, 1.807) is 12.1 Å². The average molecular weight is 228 g/mol. The minimum Gasteiger partial charge on any atom is -0.311 e. The van der Waals surface area contributed by atoms with Crippen LogP contribution in [0.5, 0.6) is 0 Å². The molecule has 0 amide bonds. The molecule has 1 heterocycles. The van der Waals surface area contributed by atoms with Crippen LogP contribution in [-0.4, -0.2) is 12.1 Å². The summed E-state index contributed by atoms with van der Waals surface area (Å²) < 4.78 is 13.7. The third kappa shape index (κ3) is 2.01. The van der Waals surface area contributed by atoms with E-state index in [1.165, 1.54) is 6.07 Å². The second kappa shape index (κ2) is 4.11. The second-order valence-corrected chi connectivity index (χ2v) is 4.74. The van der Waals surface area contributed by atoms with E-state index >= 15 is 0 Å². The Morgan fingerprint density at radius 2 is 2.13 bits per heavy atom. The van der Waals surface area contributed by atoms with Crippen molar-refractivity contribution in [2.24, 2.45) is 0 Å². The second-order valence-electron chi connectivity index (χ2n) is 4.33. The fourth-order valence-electron chi connectivity index (χ4n) is 2.45. The monoisotopic (exact) mass is 227 g/mol. The molecule has 3 unspecified atom stereocenters. The van der Waals surface area contributed by atoms with Crippen molar-refractivity contribution in [2.75, 3.05) is 0 Å². The number of halogens is 2. The van der Waals surface area contributed by atoms with Crippen molar-refractivity contribution >= 4 is 11.6 Å². The van der Waals surface area contributed by atoms with Gasteiger partial charge in [-0.25, -0.2) is 4.39 Å². The molecule has 1 fully saturated rings. The predicted molar refractivity (Wildman–Crippen MR) is 60.8 cm³/mol. The van der Waals surface area contributed by atoms with Crippen LogP contribution in [0.15, 0.2) is 18.2 Å². The van der Waals surface area contributed by atoms with E-state index in [2.05, 4.69) is 19.2 Å². The number of hydrogen-bond acceptors (Lipinski definition) is 1. The molecule has 0 spiro atoms. The first kappa shape index (κ1) is 10.9. The van der Waals surface area contributed by atoms with Crippen LogP contribution in [0.2, 0.25) is 5.02 Å². The Labute approximate surface area is 94.6 Å². The number of rotatable bonds is 1. The zero-order chi connectivity index (χ0) is 11.0. The molecule has 1 aromatic rings. The fourth-order valence-corrected chi connectivity index (χ4v) is 2.75. The summed E-state index contributed by atoms with van der Waals surface area (Å²) in [7, 11) is 0. The molecule has 15 heavy (non-hydrogen) atoms. The van der Waals surface area contributed by atoms with Gasteiger partial charge in [-0.2, -0.15) is 0 Å². The molecule has 1 aliphatic heterocycles. The first-order valence-electron chi connectivity index (χ1n) is 5.29. The van der Waals surface area contributed by atoms with Crippen molar-refractivity contribution in [1.29, 1.82) is 0 Å². The van der Waals surface area contributed by atoms with Gasteiger partial charge in [0.15, 0.2) is 0 Å². The number of hydrogen-bond donors (Lipinski definition) is 1. The molecule has 82 valence electrons. The normalized spacial score (nSPS) is 30.8. The van der Waals surface area contributed by atoms with Gasteiger partial charge < -0.3 is 5.32 Å². The van der Waals surface area contributed by atoms with Crippen LogP contribution in [0.3, 0.4) is 0 Å². The maximum absolute atomic E-state index is 13.7. The summed E-state index contributed by atoms with van der Waals surface area (Å²) in [6, 6.07) is 5.61. The summed E-state index contributed by atoms with van der Waals surface area (Å²) >= 11 is 6.05. The Kier molecular flexibility index (Phi) is 2.98.